The minimum Gasteiger partial charge on any atom is -0.377 e. The van der Waals surface area contributed by atoms with E-state index in [-0.39, 0.29) is 23.2 Å². The number of carbonyl (C=O) groups is 1. The van der Waals surface area contributed by atoms with Crippen LogP contribution in [0.3, 0.4) is 0 Å². The monoisotopic (exact) mass is 471 g/mol. The number of amides is 1. The van der Waals surface area contributed by atoms with E-state index in [2.05, 4.69) is 37.3 Å². The van der Waals surface area contributed by atoms with Gasteiger partial charge in [0.05, 0.1) is 29.9 Å². The highest BCUT2D eigenvalue weighted by molar-refractivity contribution is 5.99. The third-order valence-electron chi connectivity index (χ3n) is 7.21. The molecule has 8 heteroatoms. The molecule has 2 aromatic heterocycles. The van der Waals surface area contributed by atoms with Crippen molar-refractivity contribution in [1.82, 2.24) is 14.9 Å². The van der Waals surface area contributed by atoms with Gasteiger partial charge in [0.25, 0.3) is 0 Å². The number of carbonyl (C=O) groups excluding carboxylic acids is 1. The van der Waals surface area contributed by atoms with Crippen LogP contribution in [0.4, 0.5) is 16.0 Å². The molecule has 1 spiro atoms. The average Bonchev–Trinajstić information content (AvgIpc) is 3.66. The van der Waals surface area contributed by atoms with E-state index in [9.17, 15) is 9.18 Å². The summed E-state index contributed by atoms with van der Waals surface area (Å²) in [5.74, 6) is 6.92. The summed E-state index contributed by atoms with van der Waals surface area (Å²) in [6.07, 6.45) is 6.31. The lowest BCUT2D eigenvalue weighted by atomic mass is 9.82. The molecule has 1 amide bonds. The maximum absolute atomic E-state index is 14.9. The molecule has 1 saturated carbocycles. The number of halogens is 1. The predicted molar refractivity (Wildman–Crippen MR) is 131 cm³/mol. The predicted octanol–water partition coefficient (Wildman–Crippen LogP) is 3.53. The van der Waals surface area contributed by atoms with Crippen LogP contribution >= 0.6 is 0 Å². The van der Waals surface area contributed by atoms with Crippen molar-refractivity contribution in [3.8, 4) is 11.8 Å². The zero-order chi connectivity index (χ0) is 24.0. The molecule has 35 heavy (non-hydrogen) atoms. The number of ether oxygens (including phenoxy) is 1. The normalized spacial score (nSPS) is 18.3. The number of fused-ring (bicyclic) bond motifs is 1. The second-order valence-electron chi connectivity index (χ2n) is 9.60. The minimum absolute atomic E-state index is 0.0106. The number of nitrogens with one attached hydrogen (secondary N) is 2. The highest BCUT2D eigenvalue weighted by Gasteiger charge is 2.50. The van der Waals surface area contributed by atoms with Gasteiger partial charge in [0.1, 0.15) is 17.5 Å². The number of aromatic nitrogens is 2. The van der Waals surface area contributed by atoms with Gasteiger partial charge in [-0.15, -0.1) is 0 Å². The highest BCUT2D eigenvalue weighted by atomic mass is 19.1. The molecule has 0 bridgehead atoms. The van der Waals surface area contributed by atoms with Gasteiger partial charge >= 0.3 is 0 Å². The quantitative estimate of drug-likeness (QED) is 0.555. The van der Waals surface area contributed by atoms with Crippen molar-refractivity contribution in [2.45, 2.75) is 31.3 Å². The lowest BCUT2D eigenvalue weighted by Crippen LogP contribution is -2.70. The van der Waals surface area contributed by atoms with E-state index in [4.69, 9.17) is 4.74 Å². The number of hydrogen-bond acceptors (Lipinski definition) is 6. The maximum Gasteiger partial charge on any atom is 0.228 e. The lowest BCUT2D eigenvalue weighted by Gasteiger charge is -2.57. The van der Waals surface area contributed by atoms with Crippen LogP contribution in [0, 0.1) is 23.6 Å². The standard InChI is InChI=1S/C27H26FN5O2/c1-29-25-22-13-30-24(32-26(34)19-5-6-19)11-21(22)20(12-31-25)7-4-18-3-2-17(10-23(18)28)14-33-9-8-27(33)15-35-16-27/h2-3,10-13,19H,5-6,8-9,14-16H2,1H3,(H,29,31)(H,30,32,34). The summed E-state index contributed by atoms with van der Waals surface area (Å²) in [6.45, 7) is 3.29. The first-order chi connectivity index (χ1) is 17.0. The fourth-order valence-electron chi connectivity index (χ4n) is 4.69. The van der Waals surface area contributed by atoms with Crippen LogP contribution < -0.4 is 10.6 Å². The Morgan fingerprint density at radius 1 is 1.17 bits per heavy atom. The van der Waals surface area contributed by atoms with E-state index >= 15 is 0 Å². The van der Waals surface area contributed by atoms with Gasteiger partial charge in [0, 0.05) is 49.2 Å². The number of benzene rings is 1. The Balaban J connectivity index is 1.26. The zero-order valence-corrected chi connectivity index (χ0v) is 19.5. The zero-order valence-electron chi connectivity index (χ0n) is 19.5. The lowest BCUT2D eigenvalue weighted by molar-refractivity contribution is -0.195. The van der Waals surface area contributed by atoms with Gasteiger partial charge in [-0.25, -0.2) is 14.4 Å². The van der Waals surface area contributed by atoms with Gasteiger partial charge in [-0.05, 0) is 43.0 Å². The number of hydrogen-bond donors (Lipinski definition) is 2. The van der Waals surface area contributed by atoms with Crippen LogP contribution in [-0.2, 0) is 16.1 Å². The second-order valence-corrected chi connectivity index (χ2v) is 9.60. The molecule has 178 valence electrons. The number of likely N-dealkylation sites (tertiary alicyclic amines) is 1. The van der Waals surface area contributed by atoms with Crippen molar-refractivity contribution in [3.05, 3.63) is 59.2 Å². The van der Waals surface area contributed by atoms with Crippen LogP contribution in [0.1, 0.15) is 36.0 Å². The summed E-state index contributed by atoms with van der Waals surface area (Å²) in [5, 5.41) is 7.51. The van der Waals surface area contributed by atoms with Crippen molar-refractivity contribution >= 4 is 28.3 Å². The van der Waals surface area contributed by atoms with Crippen molar-refractivity contribution in [2.75, 3.05) is 37.4 Å². The Labute approximate surface area is 203 Å². The first-order valence-corrected chi connectivity index (χ1v) is 12.0. The Bertz CT molecular complexity index is 1380. The van der Waals surface area contributed by atoms with Crippen molar-refractivity contribution in [3.63, 3.8) is 0 Å². The summed E-state index contributed by atoms with van der Waals surface area (Å²) in [7, 11) is 1.78. The van der Waals surface area contributed by atoms with Crippen LogP contribution in [0.15, 0.2) is 36.7 Å². The molecule has 1 aromatic carbocycles. The third-order valence-corrected chi connectivity index (χ3v) is 7.21. The second kappa shape index (κ2) is 8.59. The van der Waals surface area contributed by atoms with E-state index in [1.54, 1.807) is 37.6 Å². The summed E-state index contributed by atoms with van der Waals surface area (Å²) < 4.78 is 20.3. The molecule has 2 N–H and O–H groups in total. The number of anilines is 2. The molecular formula is C27H26FN5O2. The number of rotatable bonds is 5. The molecule has 6 rings (SSSR count). The SMILES string of the molecule is CNc1ncc(C#Cc2ccc(CN3CCC34COC4)cc2F)c2cc(NC(=O)C3CC3)ncc12. The van der Waals surface area contributed by atoms with Gasteiger partial charge < -0.3 is 15.4 Å². The van der Waals surface area contributed by atoms with Crippen LogP contribution in [0.25, 0.3) is 10.8 Å². The summed E-state index contributed by atoms with van der Waals surface area (Å²) in [5.41, 5.74) is 2.08. The fraction of sp³-hybridized carbons (Fsp3) is 0.370. The van der Waals surface area contributed by atoms with E-state index in [1.807, 2.05) is 6.07 Å². The molecule has 0 radical (unpaired) electrons. The van der Waals surface area contributed by atoms with Crippen molar-refractivity contribution in [2.24, 2.45) is 5.92 Å². The average molecular weight is 472 g/mol. The molecule has 0 atom stereocenters. The number of pyridine rings is 2. The topological polar surface area (TPSA) is 79.4 Å². The van der Waals surface area contributed by atoms with E-state index < -0.39 is 0 Å². The third kappa shape index (κ3) is 4.11. The van der Waals surface area contributed by atoms with E-state index in [1.165, 1.54) is 0 Å². The van der Waals surface area contributed by atoms with E-state index in [0.29, 0.717) is 22.8 Å². The molecule has 1 aliphatic carbocycles. The van der Waals surface area contributed by atoms with Gasteiger partial charge in [-0.2, -0.15) is 0 Å². The molecule has 7 nitrogen and oxygen atoms in total. The Kier molecular flexibility index (Phi) is 5.39. The van der Waals surface area contributed by atoms with Crippen molar-refractivity contribution < 1.29 is 13.9 Å². The van der Waals surface area contributed by atoms with Crippen LogP contribution in [0.5, 0.6) is 0 Å². The number of nitrogens with zero attached hydrogens (tertiary/aromatic N) is 3. The Morgan fingerprint density at radius 3 is 2.66 bits per heavy atom. The molecule has 0 unspecified atom stereocenters. The van der Waals surface area contributed by atoms with Crippen LogP contribution in [-0.4, -0.2) is 53.1 Å². The van der Waals surface area contributed by atoms with Gasteiger partial charge in [-0.3, -0.25) is 9.69 Å². The molecule has 2 aliphatic heterocycles. The summed E-state index contributed by atoms with van der Waals surface area (Å²) >= 11 is 0. The molecule has 3 fully saturated rings. The molecule has 3 aromatic rings. The van der Waals surface area contributed by atoms with Gasteiger partial charge in [0.2, 0.25) is 5.91 Å². The molecular weight excluding hydrogens is 445 g/mol. The minimum atomic E-state index is -0.336. The molecule has 4 heterocycles. The summed E-state index contributed by atoms with van der Waals surface area (Å²) in [4.78, 5) is 23.4. The largest absolute Gasteiger partial charge is 0.377 e. The first kappa shape index (κ1) is 22.0. The summed E-state index contributed by atoms with van der Waals surface area (Å²) in [6, 6.07) is 7.05. The van der Waals surface area contributed by atoms with Gasteiger partial charge in [-0.1, -0.05) is 17.9 Å². The maximum atomic E-state index is 14.9. The van der Waals surface area contributed by atoms with Gasteiger partial charge in [0.15, 0.2) is 0 Å². The van der Waals surface area contributed by atoms with Crippen LogP contribution in [0.2, 0.25) is 0 Å². The fourth-order valence-corrected chi connectivity index (χ4v) is 4.69. The smallest absolute Gasteiger partial charge is 0.228 e. The first-order valence-electron chi connectivity index (χ1n) is 12.0. The molecule has 3 aliphatic rings. The Morgan fingerprint density at radius 2 is 2.00 bits per heavy atom. The highest BCUT2D eigenvalue weighted by Crippen LogP contribution is 2.38. The Hall–Kier alpha value is -3.54. The van der Waals surface area contributed by atoms with E-state index in [0.717, 1.165) is 61.9 Å². The van der Waals surface area contributed by atoms with Crippen molar-refractivity contribution in [1.29, 1.82) is 0 Å². The molecule has 2 saturated heterocycles.